The Balaban J connectivity index is 2.80. The topological polar surface area (TPSA) is 82.6 Å². The molecule has 0 heterocycles. The van der Waals surface area contributed by atoms with Gasteiger partial charge in [0.1, 0.15) is 6.04 Å². The molecule has 0 radical (unpaired) electrons. The number of nitrogens with one attached hydrogen (secondary N) is 1. The summed E-state index contributed by atoms with van der Waals surface area (Å²) in [6, 6.07) is 8.59. The van der Waals surface area contributed by atoms with Crippen LogP contribution >= 0.6 is 0 Å². The first-order chi connectivity index (χ1) is 8.13. The van der Waals surface area contributed by atoms with E-state index in [1.54, 1.807) is 0 Å². The number of ketones is 1. The molecule has 5 nitrogen and oxygen atoms in total. The summed E-state index contributed by atoms with van der Waals surface area (Å²) in [5.41, 5.74) is 9.24. The van der Waals surface area contributed by atoms with Crippen molar-refractivity contribution in [2.24, 2.45) is 0 Å². The number of nitrogens with zero attached hydrogens (tertiary/aromatic N) is 2. The fraction of sp³-hybridized carbons (Fsp3) is 0.250. The second-order valence-corrected chi connectivity index (χ2v) is 3.59. The fourth-order valence-electron chi connectivity index (χ4n) is 1.46. The Kier molecular flexibility index (Phi) is 4.78. The summed E-state index contributed by atoms with van der Waals surface area (Å²) in [5, 5.41) is 2.52. The van der Waals surface area contributed by atoms with Gasteiger partial charge in [-0.15, -0.1) is 0 Å². The van der Waals surface area contributed by atoms with Gasteiger partial charge in [0, 0.05) is 13.3 Å². The summed E-state index contributed by atoms with van der Waals surface area (Å²) in [7, 11) is 0. The Morgan fingerprint density at radius 1 is 1.41 bits per heavy atom. The van der Waals surface area contributed by atoms with Crippen molar-refractivity contribution in [3.63, 3.8) is 0 Å². The number of hydrogen-bond donors (Lipinski definition) is 1. The lowest BCUT2D eigenvalue weighted by Crippen LogP contribution is -2.42. The molecule has 17 heavy (non-hydrogen) atoms. The van der Waals surface area contributed by atoms with Crippen LogP contribution in [0.4, 0.5) is 0 Å². The number of Topliss-reactive ketones (excluding diaryl/α,β-unsaturated/α-hetero) is 1. The molecule has 0 aliphatic carbocycles. The highest BCUT2D eigenvalue weighted by Crippen LogP contribution is 2.03. The molecule has 0 aliphatic rings. The normalized spacial score (nSPS) is 11.1. The van der Waals surface area contributed by atoms with Crippen molar-refractivity contribution in [1.29, 1.82) is 0 Å². The molecule has 0 aliphatic heterocycles. The highest BCUT2D eigenvalue weighted by Gasteiger charge is 2.20. The minimum Gasteiger partial charge on any atom is -0.361 e. The highest BCUT2D eigenvalue weighted by atomic mass is 16.2. The molecule has 1 amide bonds. The number of hydrogen-bond acceptors (Lipinski definition) is 2. The number of carbonyl (C=O) groups is 2. The Labute approximate surface area is 99.1 Å². The van der Waals surface area contributed by atoms with Gasteiger partial charge in [-0.1, -0.05) is 30.3 Å². The SMILES string of the molecule is CC(=O)NC(Cc1ccccc1)C(=O)C=[N+]=[N-]. The molecule has 1 N–H and O–H groups in total. The molecular weight excluding hydrogens is 218 g/mol. The summed E-state index contributed by atoms with van der Waals surface area (Å²) in [6.07, 6.45) is 1.16. The number of rotatable bonds is 5. The number of carbonyl (C=O) groups excluding carboxylic acids is 2. The zero-order chi connectivity index (χ0) is 12.7. The van der Waals surface area contributed by atoms with Crippen LogP contribution < -0.4 is 5.32 Å². The first-order valence-corrected chi connectivity index (χ1v) is 5.15. The zero-order valence-electron chi connectivity index (χ0n) is 9.46. The molecule has 0 saturated heterocycles. The third-order valence-electron chi connectivity index (χ3n) is 2.19. The van der Waals surface area contributed by atoms with Crippen LogP contribution in [0.5, 0.6) is 0 Å². The van der Waals surface area contributed by atoms with E-state index in [1.165, 1.54) is 6.92 Å². The van der Waals surface area contributed by atoms with Gasteiger partial charge in [0.05, 0.1) is 0 Å². The lowest BCUT2D eigenvalue weighted by molar-refractivity contribution is -0.124. The highest BCUT2D eigenvalue weighted by molar-refractivity contribution is 6.28. The number of benzene rings is 1. The summed E-state index contributed by atoms with van der Waals surface area (Å²) in [6.45, 7) is 1.33. The third-order valence-corrected chi connectivity index (χ3v) is 2.19. The second-order valence-electron chi connectivity index (χ2n) is 3.59. The van der Waals surface area contributed by atoms with E-state index in [1.807, 2.05) is 30.3 Å². The maximum Gasteiger partial charge on any atom is 0.325 e. The van der Waals surface area contributed by atoms with Gasteiger partial charge in [0.15, 0.2) is 0 Å². The summed E-state index contributed by atoms with van der Waals surface area (Å²) in [4.78, 5) is 25.2. The molecule has 0 bridgehead atoms. The van der Waals surface area contributed by atoms with Crippen LogP contribution in [0.1, 0.15) is 12.5 Å². The predicted octanol–water partition coefficient (Wildman–Crippen LogP) is 0.603. The van der Waals surface area contributed by atoms with Crippen molar-refractivity contribution >= 4 is 17.9 Å². The molecule has 1 aromatic carbocycles. The van der Waals surface area contributed by atoms with Crippen molar-refractivity contribution in [3.05, 3.63) is 41.4 Å². The molecule has 0 aromatic heterocycles. The van der Waals surface area contributed by atoms with Crippen LogP contribution in [0, 0.1) is 0 Å². The molecule has 1 aromatic rings. The van der Waals surface area contributed by atoms with Crippen molar-refractivity contribution in [2.45, 2.75) is 19.4 Å². The Bertz CT molecular complexity index is 450. The standard InChI is InChI=1S/C12H13N3O2/c1-9(16)15-11(12(17)8-14-13)7-10-5-3-2-4-6-10/h2-6,8,11H,7H2,1H3,(H,15,16). The first kappa shape index (κ1) is 12.8. The first-order valence-electron chi connectivity index (χ1n) is 5.15. The van der Waals surface area contributed by atoms with Crippen LogP contribution in [0.15, 0.2) is 30.3 Å². The maximum atomic E-state index is 11.6. The molecule has 0 fully saturated rings. The van der Waals surface area contributed by atoms with Gasteiger partial charge in [-0.2, -0.15) is 4.79 Å². The largest absolute Gasteiger partial charge is 0.361 e. The van der Waals surface area contributed by atoms with E-state index in [0.29, 0.717) is 6.42 Å². The summed E-state index contributed by atoms with van der Waals surface area (Å²) in [5.74, 6) is -0.739. The lowest BCUT2D eigenvalue weighted by Gasteiger charge is -2.12. The van der Waals surface area contributed by atoms with Gasteiger partial charge in [0.2, 0.25) is 5.91 Å². The van der Waals surface area contributed by atoms with Crippen LogP contribution in [0.2, 0.25) is 0 Å². The zero-order valence-corrected chi connectivity index (χ0v) is 9.46. The quantitative estimate of drug-likeness (QED) is 0.457. The van der Waals surface area contributed by atoms with Crippen LogP contribution in [-0.4, -0.2) is 28.7 Å². The van der Waals surface area contributed by atoms with Gasteiger partial charge >= 0.3 is 6.21 Å². The molecular formula is C12H13N3O2. The van der Waals surface area contributed by atoms with Crippen LogP contribution in [0.25, 0.3) is 5.53 Å². The van der Waals surface area contributed by atoms with E-state index in [4.69, 9.17) is 5.53 Å². The Morgan fingerprint density at radius 3 is 2.59 bits per heavy atom. The minimum absolute atomic E-state index is 0.300. The van der Waals surface area contributed by atoms with Crippen molar-refractivity contribution in [1.82, 2.24) is 5.32 Å². The van der Waals surface area contributed by atoms with E-state index in [9.17, 15) is 9.59 Å². The molecule has 5 heteroatoms. The van der Waals surface area contributed by atoms with Crippen LogP contribution in [0.3, 0.4) is 0 Å². The minimum atomic E-state index is -0.703. The van der Waals surface area contributed by atoms with Gasteiger partial charge in [-0.25, -0.2) is 0 Å². The van der Waals surface area contributed by atoms with Gasteiger partial charge < -0.3 is 10.8 Å². The van der Waals surface area contributed by atoms with Gasteiger partial charge in [-0.3, -0.25) is 9.59 Å². The summed E-state index contributed by atoms with van der Waals surface area (Å²) < 4.78 is 0. The van der Waals surface area contributed by atoms with E-state index in [2.05, 4.69) is 10.1 Å². The maximum absolute atomic E-state index is 11.6. The van der Waals surface area contributed by atoms with E-state index < -0.39 is 11.8 Å². The molecule has 0 spiro atoms. The van der Waals surface area contributed by atoms with E-state index >= 15 is 0 Å². The predicted molar refractivity (Wildman–Crippen MR) is 62.4 cm³/mol. The molecule has 1 rings (SSSR count). The molecule has 1 atom stereocenters. The Hall–Kier alpha value is -2.26. The average Bonchev–Trinajstić information content (AvgIpc) is 2.29. The molecule has 1 unspecified atom stereocenters. The second kappa shape index (κ2) is 6.35. The summed E-state index contributed by atoms with van der Waals surface area (Å²) >= 11 is 0. The molecule has 0 saturated carbocycles. The monoisotopic (exact) mass is 231 g/mol. The van der Waals surface area contributed by atoms with Crippen LogP contribution in [-0.2, 0) is 16.0 Å². The smallest absolute Gasteiger partial charge is 0.325 e. The van der Waals surface area contributed by atoms with Gasteiger partial charge in [-0.05, 0) is 5.56 Å². The van der Waals surface area contributed by atoms with Crippen molar-refractivity contribution in [3.8, 4) is 0 Å². The Morgan fingerprint density at radius 2 is 2.06 bits per heavy atom. The lowest BCUT2D eigenvalue weighted by atomic mass is 10.0. The molecule has 88 valence electrons. The van der Waals surface area contributed by atoms with Crippen molar-refractivity contribution < 1.29 is 14.4 Å². The van der Waals surface area contributed by atoms with E-state index in [-0.39, 0.29) is 5.91 Å². The number of amides is 1. The van der Waals surface area contributed by atoms with E-state index in [0.717, 1.165) is 11.8 Å². The van der Waals surface area contributed by atoms with Crippen molar-refractivity contribution in [2.75, 3.05) is 0 Å². The fourth-order valence-corrected chi connectivity index (χ4v) is 1.46. The average molecular weight is 231 g/mol. The van der Waals surface area contributed by atoms with Gasteiger partial charge in [0.25, 0.3) is 5.78 Å². The third kappa shape index (κ3) is 4.40.